The highest BCUT2D eigenvalue weighted by Crippen LogP contribution is 2.36. The Morgan fingerprint density at radius 1 is 1.24 bits per heavy atom. The fourth-order valence-corrected chi connectivity index (χ4v) is 1.79. The van der Waals surface area contributed by atoms with Gasteiger partial charge in [0.1, 0.15) is 4.60 Å². The van der Waals surface area contributed by atoms with Gasteiger partial charge in [0.05, 0.1) is 5.52 Å². The molecule has 0 unspecified atom stereocenters. The third-order valence-electron chi connectivity index (χ3n) is 1.74. The standard InChI is InChI=1S/C8H5BrClNO.H3O4P/c9-8-7(12)5-3-1-2-4-6(5)11(8)10;1-5(2,3)4/h1-4,12H;(H3,1,2,3,4). The van der Waals surface area contributed by atoms with E-state index < -0.39 is 7.82 Å². The monoisotopic (exact) mass is 343 g/mol. The number of rotatable bonds is 0. The lowest BCUT2D eigenvalue weighted by Crippen LogP contribution is -1.76. The Kier molecular flexibility index (Phi) is 4.60. The molecular formula is C8H8BrClNO5P. The number of benzene rings is 1. The summed E-state index contributed by atoms with van der Waals surface area (Å²) in [5.74, 6) is 0.181. The zero-order chi connectivity index (χ0) is 13.2. The van der Waals surface area contributed by atoms with Crippen molar-refractivity contribution in [2.24, 2.45) is 0 Å². The van der Waals surface area contributed by atoms with Crippen LogP contribution in [-0.4, -0.2) is 23.9 Å². The van der Waals surface area contributed by atoms with Gasteiger partial charge in [0.15, 0.2) is 5.75 Å². The Morgan fingerprint density at radius 2 is 1.71 bits per heavy atom. The molecule has 1 aromatic heterocycles. The van der Waals surface area contributed by atoms with E-state index in [0.29, 0.717) is 4.60 Å². The smallest absolute Gasteiger partial charge is 0.466 e. The number of hydrogen-bond acceptors (Lipinski definition) is 2. The Morgan fingerprint density at radius 3 is 2.18 bits per heavy atom. The summed E-state index contributed by atoms with van der Waals surface area (Å²) in [6.45, 7) is 0. The molecule has 0 saturated heterocycles. The number of nitrogens with zero attached hydrogens (tertiary/aromatic N) is 1. The van der Waals surface area contributed by atoms with Crippen molar-refractivity contribution in [1.82, 2.24) is 4.09 Å². The molecule has 0 fully saturated rings. The van der Waals surface area contributed by atoms with Crippen molar-refractivity contribution in [3.8, 4) is 5.75 Å². The van der Waals surface area contributed by atoms with E-state index in [4.69, 9.17) is 31.0 Å². The van der Waals surface area contributed by atoms with Crippen LogP contribution in [0.25, 0.3) is 10.9 Å². The number of aromatic hydroxyl groups is 1. The summed E-state index contributed by atoms with van der Waals surface area (Å²) < 4.78 is 10.8. The lowest BCUT2D eigenvalue weighted by Gasteiger charge is -1.90. The molecule has 1 aromatic carbocycles. The summed E-state index contributed by atoms with van der Waals surface area (Å²) in [4.78, 5) is 21.6. The summed E-state index contributed by atoms with van der Waals surface area (Å²) in [5, 5.41) is 10.3. The Hall–Kier alpha value is -0.560. The van der Waals surface area contributed by atoms with Crippen LogP contribution in [0.1, 0.15) is 0 Å². The number of fused-ring (bicyclic) bond motifs is 1. The Bertz CT molecular complexity index is 533. The van der Waals surface area contributed by atoms with E-state index in [-0.39, 0.29) is 5.75 Å². The van der Waals surface area contributed by atoms with Crippen LogP contribution in [-0.2, 0) is 4.57 Å². The normalized spacial score (nSPS) is 11.1. The molecule has 6 nitrogen and oxygen atoms in total. The average Bonchev–Trinajstić information content (AvgIpc) is 2.43. The van der Waals surface area contributed by atoms with Gasteiger partial charge in [-0.05, 0) is 28.1 Å². The molecular weight excluding hydrogens is 336 g/mol. The van der Waals surface area contributed by atoms with Crippen molar-refractivity contribution < 1.29 is 24.4 Å². The minimum atomic E-state index is -4.64. The highest BCUT2D eigenvalue weighted by Gasteiger charge is 2.11. The molecule has 94 valence electrons. The van der Waals surface area contributed by atoms with Crippen LogP contribution in [0.2, 0.25) is 0 Å². The predicted molar refractivity (Wildman–Crippen MR) is 66.8 cm³/mol. The van der Waals surface area contributed by atoms with Crippen molar-refractivity contribution in [2.75, 3.05) is 0 Å². The first-order valence-corrected chi connectivity index (χ1v) is 6.83. The quantitative estimate of drug-likeness (QED) is 0.549. The Balaban J connectivity index is 0.000000249. The fourth-order valence-electron chi connectivity index (χ4n) is 1.15. The van der Waals surface area contributed by atoms with Crippen LogP contribution in [0, 0.1) is 0 Å². The molecule has 17 heavy (non-hydrogen) atoms. The van der Waals surface area contributed by atoms with Gasteiger partial charge in [-0.1, -0.05) is 12.1 Å². The molecule has 0 bridgehead atoms. The molecule has 0 aliphatic carbocycles. The minimum absolute atomic E-state index is 0.181. The van der Waals surface area contributed by atoms with Crippen molar-refractivity contribution in [3.05, 3.63) is 28.9 Å². The van der Waals surface area contributed by atoms with Crippen molar-refractivity contribution >= 4 is 46.4 Å². The summed E-state index contributed by atoms with van der Waals surface area (Å²) >= 11 is 9.03. The average molecular weight is 344 g/mol. The lowest BCUT2D eigenvalue weighted by molar-refractivity contribution is 0.275. The molecule has 0 amide bonds. The van der Waals surface area contributed by atoms with E-state index in [9.17, 15) is 5.11 Å². The first-order chi connectivity index (χ1) is 7.72. The zero-order valence-electron chi connectivity index (χ0n) is 8.16. The largest absolute Gasteiger partial charge is 0.504 e. The summed E-state index contributed by atoms with van der Waals surface area (Å²) in [7, 11) is -4.64. The number of halogens is 2. The molecule has 0 saturated carbocycles. The van der Waals surface area contributed by atoms with Crippen LogP contribution >= 0.6 is 35.5 Å². The van der Waals surface area contributed by atoms with Crippen LogP contribution in [0.15, 0.2) is 28.9 Å². The first-order valence-electron chi connectivity index (χ1n) is 4.14. The van der Waals surface area contributed by atoms with Gasteiger partial charge in [0, 0.05) is 17.2 Å². The third-order valence-corrected chi connectivity index (χ3v) is 3.02. The molecule has 4 N–H and O–H groups in total. The second-order valence-electron chi connectivity index (χ2n) is 2.95. The van der Waals surface area contributed by atoms with E-state index in [1.165, 1.54) is 4.09 Å². The highest BCUT2D eigenvalue weighted by atomic mass is 79.9. The van der Waals surface area contributed by atoms with Crippen molar-refractivity contribution in [1.29, 1.82) is 0 Å². The van der Waals surface area contributed by atoms with Gasteiger partial charge in [-0.15, -0.1) is 0 Å². The summed E-state index contributed by atoms with van der Waals surface area (Å²) in [5.41, 5.74) is 0.795. The molecule has 0 aliphatic rings. The van der Waals surface area contributed by atoms with E-state index >= 15 is 0 Å². The van der Waals surface area contributed by atoms with E-state index in [1.54, 1.807) is 0 Å². The molecule has 0 radical (unpaired) electrons. The fraction of sp³-hybridized carbons (Fsp3) is 0. The second-order valence-corrected chi connectivity index (χ2v) is 5.07. The maximum Gasteiger partial charge on any atom is 0.466 e. The molecule has 0 spiro atoms. The predicted octanol–water partition coefficient (Wildman–Crippen LogP) is 2.18. The van der Waals surface area contributed by atoms with Gasteiger partial charge in [0.25, 0.3) is 0 Å². The van der Waals surface area contributed by atoms with Gasteiger partial charge >= 0.3 is 7.82 Å². The van der Waals surface area contributed by atoms with E-state index in [0.717, 1.165) is 10.9 Å². The summed E-state index contributed by atoms with van der Waals surface area (Å²) in [6, 6.07) is 7.37. The van der Waals surface area contributed by atoms with Gasteiger partial charge < -0.3 is 19.8 Å². The third kappa shape index (κ3) is 3.99. The van der Waals surface area contributed by atoms with Crippen LogP contribution < -0.4 is 0 Å². The lowest BCUT2D eigenvalue weighted by atomic mass is 10.2. The first kappa shape index (κ1) is 14.5. The maximum atomic E-state index is 9.53. The zero-order valence-corrected chi connectivity index (χ0v) is 11.4. The van der Waals surface area contributed by atoms with Crippen LogP contribution in [0.5, 0.6) is 5.75 Å². The number of aromatic nitrogens is 1. The minimum Gasteiger partial charge on any atom is -0.504 e. The topological polar surface area (TPSA) is 103 Å². The van der Waals surface area contributed by atoms with Gasteiger partial charge in [0.2, 0.25) is 0 Å². The molecule has 9 heteroatoms. The van der Waals surface area contributed by atoms with E-state index in [1.807, 2.05) is 24.3 Å². The molecule has 0 atom stereocenters. The van der Waals surface area contributed by atoms with Crippen molar-refractivity contribution in [2.45, 2.75) is 0 Å². The van der Waals surface area contributed by atoms with Crippen LogP contribution in [0.3, 0.4) is 0 Å². The summed E-state index contributed by atoms with van der Waals surface area (Å²) in [6.07, 6.45) is 0. The van der Waals surface area contributed by atoms with Gasteiger partial charge in [-0.25, -0.2) is 8.65 Å². The Labute approximate surface area is 110 Å². The molecule has 1 heterocycles. The van der Waals surface area contributed by atoms with Crippen molar-refractivity contribution in [3.63, 3.8) is 0 Å². The number of hydrogen-bond donors (Lipinski definition) is 4. The second kappa shape index (κ2) is 5.39. The maximum absolute atomic E-state index is 9.53. The highest BCUT2D eigenvalue weighted by molar-refractivity contribution is 9.10. The molecule has 2 rings (SSSR count). The number of phosphoric acid groups is 1. The SMILES string of the molecule is O=P(O)(O)O.Oc1c(Br)n(Cl)c2ccccc12. The molecule has 2 aromatic rings. The number of para-hydroxylation sites is 1. The van der Waals surface area contributed by atoms with E-state index in [2.05, 4.69) is 15.9 Å². The molecule has 0 aliphatic heterocycles. The van der Waals surface area contributed by atoms with Crippen LogP contribution in [0.4, 0.5) is 0 Å². The van der Waals surface area contributed by atoms with Gasteiger partial charge in [-0.2, -0.15) is 0 Å². The van der Waals surface area contributed by atoms with Gasteiger partial charge in [-0.3, -0.25) is 0 Å².